The Bertz CT molecular complexity index is 2610. The van der Waals surface area contributed by atoms with E-state index in [2.05, 4.69) is 27.8 Å². The number of aliphatic hydroxyl groups is 1. The Hall–Kier alpha value is -6.24. The van der Waals surface area contributed by atoms with Gasteiger partial charge in [0.25, 0.3) is 0 Å². The van der Waals surface area contributed by atoms with Gasteiger partial charge in [-0.05, 0) is 169 Å². The van der Waals surface area contributed by atoms with Crippen LogP contribution in [0.2, 0.25) is 0 Å². The Balaban J connectivity index is 1.34. The van der Waals surface area contributed by atoms with Crippen molar-refractivity contribution in [1.29, 1.82) is 0 Å². The quantitative estimate of drug-likeness (QED) is 0.0516. The number of ether oxygens (including phenoxy) is 2. The van der Waals surface area contributed by atoms with Gasteiger partial charge in [0.05, 0.1) is 25.7 Å². The number of pyridine rings is 1. The van der Waals surface area contributed by atoms with Crippen LogP contribution in [0.4, 0.5) is 11.5 Å². The lowest BCUT2D eigenvalue weighted by Gasteiger charge is -2.45. The largest absolute Gasteiger partial charge is 0.508 e. The Morgan fingerprint density at radius 3 is 2.57 bits per heavy atom. The maximum atomic E-state index is 16.1. The maximum Gasteiger partial charge on any atom is 0.200 e. The minimum absolute atomic E-state index is 0.0199. The zero-order valence-electron chi connectivity index (χ0n) is 37.7. The lowest BCUT2D eigenvalue weighted by Crippen LogP contribution is -2.50. The number of anilines is 2. The van der Waals surface area contributed by atoms with E-state index in [1.54, 1.807) is 42.6 Å². The highest BCUT2D eigenvalue weighted by Gasteiger charge is 2.55. The summed E-state index contributed by atoms with van der Waals surface area (Å²) < 4.78 is 11.5. The molecule has 1 aliphatic carbocycles. The normalized spacial score (nSPS) is 21.6. The average molecular weight is 883 g/mol. The van der Waals surface area contributed by atoms with E-state index in [0.717, 1.165) is 51.7 Å². The summed E-state index contributed by atoms with van der Waals surface area (Å²) in [5.41, 5.74) is 4.45. The smallest absolute Gasteiger partial charge is 0.200 e. The first-order chi connectivity index (χ1) is 31.4. The highest BCUT2D eigenvalue weighted by molar-refractivity contribution is 5.93. The van der Waals surface area contributed by atoms with Crippen molar-refractivity contribution in [3.8, 4) is 34.5 Å². The second-order valence-electron chi connectivity index (χ2n) is 18.6. The molecule has 8 rings (SSSR count). The number of aliphatic hydroxyl groups excluding tert-OH is 1. The van der Waals surface area contributed by atoms with Gasteiger partial charge in [0, 0.05) is 42.2 Å². The Labute approximate surface area is 380 Å². The molecule has 3 heterocycles. The van der Waals surface area contributed by atoms with Gasteiger partial charge >= 0.3 is 0 Å². The third-order valence-electron chi connectivity index (χ3n) is 13.9. The van der Waals surface area contributed by atoms with Crippen LogP contribution in [0.1, 0.15) is 92.2 Å². The monoisotopic (exact) mass is 882 g/mol. The van der Waals surface area contributed by atoms with Crippen molar-refractivity contribution in [2.45, 2.75) is 88.6 Å². The summed E-state index contributed by atoms with van der Waals surface area (Å²) in [6.07, 6.45) is 6.79. The van der Waals surface area contributed by atoms with Gasteiger partial charge in [0.2, 0.25) is 5.75 Å². The molecule has 1 saturated carbocycles. The number of carbonyl (C=O) groups excluding carboxylic acids is 1. The summed E-state index contributed by atoms with van der Waals surface area (Å²) in [5.74, 6) is -1.06. The van der Waals surface area contributed by atoms with Gasteiger partial charge < -0.3 is 50.6 Å². The summed E-state index contributed by atoms with van der Waals surface area (Å²) >= 11 is 0. The maximum absolute atomic E-state index is 16.1. The summed E-state index contributed by atoms with van der Waals surface area (Å²) in [6.45, 7) is 4.82. The van der Waals surface area contributed by atoms with E-state index in [1.807, 2.05) is 63.5 Å². The van der Waals surface area contributed by atoms with Crippen LogP contribution in [-0.2, 0) is 23.1 Å². The second-order valence-corrected chi connectivity index (χ2v) is 18.6. The zero-order chi connectivity index (χ0) is 45.8. The first-order valence-electron chi connectivity index (χ1n) is 22.9. The number of phenols is 4. The van der Waals surface area contributed by atoms with Gasteiger partial charge in [-0.3, -0.25) is 4.79 Å². The molecule has 0 radical (unpaired) electrons. The number of nitrogens with zero attached hydrogens (tertiary/aromatic N) is 1. The van der Waals surface area contributed by atoms with Crippen LogP contribution in [0.5, 0.6) is 34.5 Å². The van der Waals surface area contributed by atoms with E-state index in [-0.39, 0.29) is 65.1 Å². The fraction of sp³-hybridized carbons (Fsp3) is 0.396. The Morgan fingerprint density at radius 2 is 1.80 bits per heavy atom. The van der Waals surface area contributed by atoms with Crippen LogP contribution in [0, 0.1) is 17.8 Å². The molecule has 6 aromatic rings. The molecule has 1 spiro atoms. The predicted molar refractivity (Wildman–Crippen MR) is 253 cm³/mol. The lowest BCUT2D eigenvalue weighted by atomic mass is 9.58. The van der Waals surface area contributed by atoms with Gasteiger partial charge in [-0.2, -0.15) is 0 Å². The van der Waals surface area contributed by atoms with Crippen molar-refractivity contribution in [2.24, 2.45) is 17.8 Å². The molecule has 12 nitrogen and oxygen atoms in total. The van der Waals surface area contributed by atoms with Crippen molar-refractivity contribution in [3.05, 3.63) is 125 Å². The topological polar surface area (TPSA) is 189 Å². The van der Waals surface area contributed by atoms with Gasteiger partial charge in [0.1, 0.15) is 17.4 Å². The number of nitrogens with one attached hydrogen (secondary N) is 3. The van der Waals surface area contributed by atoms with E-state index >= 15 is 4.79 Å². The molecule has 1 aliphatic heterocycles. The van der Waals surface area contributed by atoms with Crippen LogP contribution in [0.25, 0.3) is 10.8 Å². The number of aromatic hydroxyl groups is 4. The number of hydrogen-bond donors (Lipinski definition) is 8. The number of carbonyl (C=O) groups is 1. The second kappa shape index (κ2) is 19.5. The van der Waals surface area contributed by atoms with Crippen LogP contribution in [-0.4, -0.2) is 74.7 Å². The van der Waals surface area contributed by atoms with Crippen LogP contribution >= 0.6 is 0 Å². The number of aromatic nitrogens is 2. The summed E-state index contributed by atoms with van der Waals surface area (Å²) in [6, 6.07) is 26.0. The van der Waals surface area contributed by atoms with Crippen molar-refractivity contribution in [3.63, 3.8) is 0 Å². The number of aryl methyl sites for hydroxylation is 1. The van der Waals surface area contributed by atoms with Gasteiger partial charge in [-0.15, -0.1) is 0 Å². The van der Waals surface area contributed by atoms with E-state index in [1.165, 1.54) is 7.11 Å². The number of rotatable bonds is 13. The molecular formula is C53H62N4O8. The van der Waals surface area contributed by atoms with Gasteiger partial charge in [-0.25, -0.2) is 4.98 Å². The molecule has 0 amide bonds. The van der Waals surface area contributed by atoms with Crippen molar-refractivity contribution >= 4 is 28.1 Å². The van der Waals surface area contributed by atoms with Crippen LogP contribution in [0.15, 0.2) is 97.3 Å². The molecule has 2 bridgehead atoms. The molecule has 65 heavy (non-hydrogen) atoms. The minimum atomic E-state index is -1.08. The number of aromatic amines is 1. The van der Waals surface area contributed by atoms with E-state index in [4.69, 9.17) is 14.5 Å². The first-order valence-corrected chi connectivity index (χ1v) is 22.9. The molecule has 12 heteroatoms. The molecule has 8 N–H and O–H groups in total. The minimum Gasteiger partial charge on any atom is -0.508 e. The van der Waals surface area contributed by atoms with E-state index < -0.39 is 23.4 Å². The third kappa shape index (κ3) is 9.46. The average Bonchev–Trinajstić information content (AvgIpc) is 3.97. The third-order valence-corrected chi connectivity index (χ3v) is 13.9. The van der Waals surface area contributed by atoms with E-state index in [0.29, 0.717) is 56.0 Å². The number of hydrogen-bond acceptors (Lipinski definition) is 11. The zero-order valence-corrected chi connectivity index (χ0v) is 37.7. The predicted octanol–water partition coefficient (Wildman–Crippen LogP) is 9.51. The number of Topliss-reactive ketones (excluding diaryl/α,β-unsaturated/α-hetero) is 1. The standard InChI is InChI=1S/C53H62N4O8/c1-31(2)30-65-48-26-35(25-46(62)52(48)63)34-22-36(29-54-3)50-41-13-12-40(58)23-33(41)11-14-42(50)57-49-28-38(17-20-56-49)53(18-5-7-37(53)27-39-8-6-19-55-39)51(45(61)24-34)44(60)16-10-32-9-15-43(59)47(21-32)64-4/h6,8-9,11-15,17,19-21,23,25-26,28,31,34,36-37,44,51,54-55,58-60,62-63H,5,7,10,16,18,22,24,27,29-30H2,1-4H3,(H,56,57)/t34-,36-,37-,44+,51-,53-/m0/s1. The molecular weight excluding hydrogens is 821 g/mol. The van der Waals surface area contributed by atoms with Crippen LogP contribution < -0.4 is 20.1 Å². The fourth-order valence-corrected chi connectivity index (χ4v) is 11.0. The number of fused-ring (bicyclic) bond motifs is 6. The highest BCUT2D eigenvalue weighted by Crippen LogP contribution is 2.55. The lowest BCUT2D eigenvalue weighted by molar-refractivity contribution is -0.132. The molecule has 1 fully saturated rings. The Kier molecular flexibility index (Phi) is 13.6. The van der Waals surface area contributed by atoms with Gasteiger partial charge in [0.15, 0.2) is 23.0 Å². The molecule has 0 unspecified atom stereocenters. The number of benzene rings is 4. The first kappa shape index (κ1) is 45.3. The van der Waals surface area contributed by atoms with Crippen molar-refractivity contribution in [1.82, 2.24) is 15.3 Å². The van der Waals surface area contributed by atoms with Crippen molar-refractivity contribution in [2.75, 3.05) is 32.6 Å². The fourth-order valence-electron chi connectivity index (χ4n) is 11.0. The summed E-state index contributed by atoms with van der Waals surface area (Å²) in [5, 5.41) is 65.2. The molecule has 342 valence electrons. The molecule has 2 aromatic heterocycles. The van der Waals surface area contributed by atoms with Crippen LogP contribution in [0.3, 0.4) is 0 Å². The summed E-state index contributed by atoms with van der Waals surface area (Å²) in [7, 11) is 3.40. The number of H-pyrrole nitrogens is 1. The number of methoxy groups -OCH3 is 1. The number of ketones is 1. The molecule has 0 saturated heterocycles. The van der Waals surface area contributed by atoms with Gasteiger partial charge in [-0.1, -0.05) is 38.5 Å². The van der Waals surface area contributed by atoms with E-state index in [9.17, 15) is 25.5 Å². The highest BCUT2D eigenvalue weighted by atomic mass is 16.5. The number of phenolic OH excluding ortho intramolecular Hbond substituents is 4. The SMILES string of the molecule is CNC[C@@H]1C[C@H](c2cc(O)c(O)c(OCC(C)C)c2)CC(=O)[C@H]([C@H](O)CCc2ccc(O)c(OC)c2)[C@]2(CCC[C@H]2Cc2ccc[nH]2)c2ccnc(c2)Nc2ccc3cc(O)ccc3c21. The molecule has 2 aliphatic rings. The molecule has 6 atom stereocenters. The van der Waals surface area contributed by atoms with Crippen molar-refractivity contribution < 1.29 is 39.8 Å². The summed E-state index contributed by atoms with van der Waals surface area (Å²) in [4.78, 5) is 24.4. The Morgan fingerprint density at radius 1 is 0.954 bits per heavy atom. The molecule has 4 aromatic carbocycles. The number of likely N-dealkylation sites (N-methyl/N-ethyl adjacent to an activating group) is 1.